The number of rotatable bonds is 8. The molecule has 2 heterocycles. The number of urea groups is 1. The molecule has 3 rings (SSSR count). The zero-order valence-electron chi connectivity index (χ0n) is 16.0. The van der Waals surface area contributed by atoms with E-state index in [1.807, 2.05) is 24.3 Å². The molecule has 1 aliphatic heterocycles. The second-order valence-electron chi connectivity index (χ2n) is 6.30. The highest BCUT2D eigenvalue weighted by Crippen LogP contribution is 2.39. The van der Waals surface area contributed by atoms with Crippen LogP contribution in [-0.4, -0.2) is 49.0 Å². The lowest BCUT2D eigenvalue weighted by Gasteiger charge is -2.23. The van der Waals surface area contributed by atoms with Crippen LogP contribution in [0, 0.1) is 0 Å². The van der Waals surface area contributed by atoms with E-state index in [1.54, 1.807) is 18.9 Å². The third kappa shape index (κ3) is 4.48. The fourth-order valence-corrected chi connectivity index (χ4v) is 3.12. The number of amides is 2. The van der Waals surface area contributed by atoms with Gasteiger partial charge in [-0.15, -0.1) is 0 Å². The average Bonchev–Trinajstić information content (AvgIpc) is 3.30. The molecular formula is C19H24N4O5. The van der Waals surface area contributed by atoms with Crippen molar-refractivity contribution in [2.45, 2.75) is 32.2 Å². The lowest BCUT2D eigenvalue weighted by atomic mass is 10.1. The van der Waals surface area contributed by atoms with Gasteiger partial charge in [0.05, 0.1) is 19.6 Å². The summed E-state index contributed by atoms with van der Waals surface area (Å²) in [7, 11) is 1.61. The van der Waals surface area contributed by atoms with Gasteiger partial charge in [-0.2, -0.15) is 4.98 Å². The number of carbonyl (C=O) groups is 2. The Morgan fingerprint density at radius 1 is 1.36 bits per heavy atom. The van der Waals surface area contributed by atoms with Crippen LogP contribution >= 0.6 is 0 Å². The molecule has 0 radical (unpaired) electrons. The Kier molecular flexibility index (Phi) is 6.59. The van der Waals surface area contributed by atoms with E-state index in [1.165, 1.54) is 0 Å². The van der Waals surface area contributed by atoms with E-state index in [9.17, 15) is 9.59 Å². The smallest absolute Gasteiger partial charge is 0.322 e. The minimum Gasteiger partial charge on any atom is -0.466 e. The number of carbonyl (C=O) groups excluding carboxylic acids is 2. The van der Waals surface area contributed by atoms with Gasteiger partial charge >= 0.3 is 12.0 Å². The molecule has 1 aromatic carbocycles. The molecule has 1 aliphatic rings. The molecule has 9 heteroatoms. The number of nitrogens with one attached hydrogen (secondary N) is 1. The molecule has 2 aromatic rings. The highest BCUT2D eigenvalue weighted by Gasteiger charge is 2.38. The first-order valence-electron chi connectivity index (χ1n) is 9.26. The maximum Gasteiger partial charge on any atom is 0.322 e. The van der Waals surface area contributed by atoms with E-state index in [0.29, 0.717) is 37.8 Å². The number of nitrogens with zero attached hydrogens (tertiary/aromatic N) is 3. The van der Waals surface area contributed by atoms with Crippen LogP contribution in [0.2, 0.25) is 0 Å². The third-order valence-electron chi connectivity index (χ3n) is 4.40. The SMILES string of the molecule is CCOC(=O)CCNC(=O)N1c2ccccc2CC1c1nc(CCOC)no1. The van der Waals surface area contributed by atoms with Gasteiger partial charge < -0.3 is 19.3 Å². The summed E-state index contributed by atoms with van der Waals surface area (Å²) in [6.07, 6.45) is 1.22. The minimum atomic E-state index is -0.399. The highest BCUT2D eigenvalue weighted by atomic mass is 16.5. The highest BCUT2D eigenvalue weighted by molar-refractivity contribution is 5.95. The van der Waals surface area contributed by atoms with E-state index >= 15 is 0 Å². The molecule has 0 aliphatic carbocycles. The molecule has 9 nitrogen and oxygen atoms in total. The molecule has 1 unspecified atom stereocenters. The normalized spacial score (nSPS) is 15.4. The first-order chi connectivity index (χ1) is 13.6. The molecule has 0 fully saturated rings. The van der Waals surface area contributed by atoms with E-state index in [0.717, 1.165) is 11.3 Å². The maximum atomic E-state index is 12.9. The van der Waals surface area contributed by atoms with Crippen LogP contribution in [0.3, 0.4) is 0 Å². The van der Waals surface area contributed by atoms with Gasteiger partial charge in [0.25, 0.3) is 0 Å². The van der Waals surface area contributed by atoms with Crippen LogP contribution in [0.1, 0.15) is 36.7 Å². The average molecular weight is 388 g/mol. The number of para-hydroxylation sites is 1. The Morgan fingerprint density at radius 2 is 2.18 bits per heavy atom. The van der Waals surface area contributed by atoms with E-state index in [4.69, 9.17) is 14.0 Å². The van der Waals surface area contributed by atoms with Gasteiger partial charge in [0.2, 0.25) is 5.89 Å². The van der Waals surface area contributed by atoms with Gasteiger partial charge in [0.1, 0.15) is 6.04 Å². The van der Waals surface area contributed by atoms with Crippen molar-refractivity contribution in [3.8, 4) is 0 Å². The van der Waals surface area contributed by atoms with Gasteiger partial charge in [-0.3, -0.25) is 9.69 Å². The van der Waals surface area contributed by atoms with Gasteiger partial charge in [-0.05, 0) is 18.6 Å². The molecule has 2 amide bonds. The lowest BCUT2D eigenvalue weighted by Crippen LogP contribution is -2.41. The fourth-order valence-electron chi connectivity index (χ4n) is 3.12. The number of ether oxygens (including phenoxy) is 2. The monoisotopic (exact) mass is 388 g/mol. The van der Waals surface area contributed by atoms with Crippen LogP contribution in [0.25, 0.3) is 0 Å². The number of methoxy groups -OCH3 is 1. The topological polar surface area (TPSA) is 107 Å². The Balaban J connectivity index is 1.73. The molecule has 1 atom stereocenters. The summed E-state index contributed by atoms with van der Waals surface area (Å²) in [5, 5.41) is 6.75. The number of benzene rings is 1. The van der Waals surface area contributed by atoms with Crippen molar-refractivity contribution in [1.82, 2.24) is 15.5 Å². The van der Waals surface area contributed by atoms with Crippen LogP contribution < -0.4 is 10.2 Å². The maximum absolute atomic E-state index is 12.9. The molecular weight excluding hydrogens is 364 g/mol. The molecule has 0 bridgehead atoms. The Labute approximate surface area is 163 Å². The quantitative estimate of drug-likeness (QED) is 0.690. The lowest BCUT2D eigenvalue weighted by molar-refractivity contribution is -0.142. The van der Waals surface area contributed by atoms with Gasteiger partial charge in [0, 0.05) is 32.2 Å². The molecule has 1 N–H and O–H groups in total. The summed E-state index contributed by atoms with van der Waals surface area (Å²) in [6, 6.07) is 6.92. The Morgan fingerprint density at radius 3 is 2.96 bits per heavy atom. The summed E-state index contributed by atoms with van der Waals surface area (Å²) < 4.78 is 15.3. The molecule has 28 heavy (non-hydrogen) atoms. The number of hydrogen-bond acceptors (Lipinski definition) is 7. The van der Waals surface area contributed by atoms with Gasteiger partial charge in [0.15, 0.2) is 5.82 Å². The molecule has 0 spiro atoms. The predicted molar refractivity (Wildman–Crippen MR) is 99.9 cm³/mol. The van der Waals surface area contributed by atoms with E-state index in [-0.39, 0.29) is 25.0 Å². The minimum absolute atomic E-state index is 0.113. The second-order valence-corrected chi connectivity index (χ2v) is 6.30. The van der Waals surface area contributed by atoms with Crippen molar-refractivity contribution >= 4 is 17.7 Å². The molecule has 0 saturated carbocycles. The van der Waals surface area contributed by atoms with E-state index in [2.05, 4.69) is 15.5 Å². The number of anilines is 1. The fraction of sp³-hybridized carbons (Fsp3) is 0.474. The van der Waals surface area contributed by atoms with Crippen LogP contribution in [0.4, 0.5) is 10.5 Å². The number of hydrogen-bond donors (Lipinski definition) is 1. The summed E-state index contributed by atoms with van der Waals surface area (Å²) in [5.74, 6) is 0.569. The number of esters is 1. The number of fused-ring (bicyclic) bond motifs is 1. The van der Waals surface area contributed by atoms with Crippen molar-refractivity contribution in [2.75, 3.05) is 31.8 Å². The van der Waals surface area contributed by atoms with E-state index < -0.39 is 6.04 Å². The summed E-state index contributed by atoms with van der Waals surface area (Å²) in [5.41, 5.74) is 1.81. The first kappa shape index (κ1) is 19.8. The third-order valence-corrected chi connectivity index (χ3v) is 4.40. The predicted octanol–water partition coefficient (Wildman–Crippen LogP) is 2.03. The van der Waals surface area contributed by atoms with Crippen molar-refractivity contribution in [3.63, 3.8) is 0 Å². The summed E-state index contributed by atoms with van der Waals surface area (Å²) in [6.45, 7) is 2.73. The van der Waals surface area contributed by atoms with Gasteiger partial charge in [-0.25, -0.2) is 4.79 Å². The van der Waals surface area contributed by atoms with Crippen LogP contribution in [-0.2, 0) is 27.1 Å². The zero-order chi connectivity index (χ0) is 19.9. The van der Waals surface area contributed by atoms with Crippen LogP contribution in [0.5, 0.6) is 0 Å². The van der Waals surface area contributed by atoms with Crippen molar-refractivity contribution < 1.29 is 23.6 Å². The van der Waals surface area contributed by atoms with Crippen molar-refractivity contribution in [2.24, 2.45) is 0 Å². The van der Waals surface area contributed by atoms with Crippen LogP contribution in [0.15, 0.2) is 28.8 Å². The Bertz CT molecular complexity index is 822. The van der Waals surface area contributed by atoms with Gasteiger partial charge in [-0.1, -0.05) is 23.4 Å². The standard InChI is InChI=1S/C19H24N4O5/c1-3-27-17(24)8-10-20-19(25)23-14-7-5-4-6-13(14)12-15(23)18-21-16(22-28-18)9-11-26-2/h4-7,15H,3,8-12H2,1-2H3,(H,20,25). The zero-order valence-corrected chi connectivity index (χ0v) is 16.0. The molecule has 150 valence electrons. The number of aromatic nitrogens is 2. The first-order valence-corrected chi connectivity index (χ1v) is 9.26. The van der Waals surface area contributed by atoms with Crippen molar-refractivity contribution in [3.05, 3.63) is 41.5 Å². The van der Waals surface area contributed by atoms with Crippen molar-refractivity contribution in [1.29, 1.82) is 0 Å². The second kappa shape index (κ2) is 9.32. The summed E-state index contributed by atoms with van der Waals surface area (Å²) >= 11 is 0. The molecule has 1 aromatic heterocycles. The largest absolute Gasteiger partial charge is 0.466 e. The Hall–Kier alpha value is -2.94. The summed E-state index contributed by atoms with van der Waals surface area (Å²) in [4.78, 5) is 30.4. The molecule has 0 saturated heterocycles.